The molecule has 1 atom stereocenters. The van der Waals surface area contributed by atoms with Crippen molar-refractivity contribution in [3.63, 3.8) is 0 Å². The van der Waals surface area contributed by atoms with Crippen LogP contribution in [0.3, 0.4) is 0 Å². The van der Waals surface area contributed by atoms with E-state index in [1.807, 2.05) is 12.1 Å². The molecule has 3 rings (SSSR count). The topological polar surface area (TPSA) is 37.2 Å². The summed E-state index contributed by atoms with van der Waals surface area (Å²) >= 11 is 0. The van der Waals surface area contributed by atoms with Gasteiger partial charge in [0.15, 0.2) is 0 Å². The number of aryl methyl sites for hydroxylation is 1. The minimum atomic E-state index is 0.114. The Hall–Kier alpha value is -1.58. The number of nitrogens with zero attached hydrogens (tertiary/aromatic N) is 1. The Morgan fingerprint density at radius 2 is 1.95 bits per heavy atom. The number of fused-ring (bicyclic) bond motifs is 1. The highest BCUT2D eigenvalue weighted by molar-refractivity contribution is 5.31. The van der Waals surface area contributed by atoms with Crippen LogP contribution in [0.4, 0.5) is 0 Å². The maximum Gasteiger partial charge on any atom is 0.0681 e. The van der Waals surface area contributed by atoms with E-state index in [2.05, 4.69) is 41.3 Å². The van der Waals surface area contributed by atoms with E-state index in [9.17, 15) is 0 Å². The van der Waals surface area contributed by atoms with Gasteiger partial charge in [0.05, 0.1) is 6.61 Å². The fraction of sp³-hybridized carbons (Fsp3) is 0.444. The predicted octanol–water partition coefficient (Wildman–Crippen LogP) is 3.02. The molecule has 0 amide bonds. The third-order valence-electron chi connectivity index (χ3n) is 4.33. The van der Waals surface area contributed by atoms with Gasteiger partial charge in [-0.15, -0.1) is 0 Å². The average Bonchev–Trinajstić information content (AvgIpc) is 2.92. The molecule has 112 valence electrons. The lowest BCUT2D eigenvalue weighted by Gasteiger charge is -2.22. The van der Waals surface area contributed by atoms with Gasteiger partial charge in [-0.05, 0) is 48.1 Å². The highest BCUT2D eigenvalue weighted by Crippen LogP contribution is 2.30. The summed E-state index contributed by atoms with van der Waals surface area (Å²) in [5.74, 6) is 0. The lowest BCUT2D eigenvalue weighted by Crippen LogP contribution is -2.23. The highest BCUT2D eigenvalue weighted by atomic mass is 16.3. The zero-order chi connectivity index (χ0) is 14.7. The summed E-state index contributed by atoms with van der Waals surface area (Å²) < 4.78 is 2.30. The lowest BCUT2D eigenvalue weighted by molar-refractivity contribution is 0.282. The standard InChI is InChI=1S/C18H24N2O/c1-2-19-18-5-3-4-16-11-20(12-17(16)18)10-14-6-8-15(13-21)9-7-14/h6-9,11-12,18-19,21H,2-5,10,13H2,1H3. The zero-order valence-electron chi connectivity index (χ0n) is 12.7. The monoisotopic (exact) mass is 284 g/mol. The first-order valence-electron chi connectivity index (χ1n) is 7.90. The molecule has 1 aliphatic rings. The number of aliphatic hydroxyl groups excluding tert-OH is 1. The molecule has 0 bridgehead atoms. The van der Waals surface area contributed by atoms with E-state index in [1.54, 1.807) is 0 Å². The maximum atomic E-state index is 9.10. The van der Waals surface area contributed by atoms with Crippen molar-refractivity contribution < 1.29 is 5.11 Å². The van der Waals surface area contributed by atoms with Crippen molar-refractivity contribution in [1.29, 1.82) is 0 Å². The van der Waals surface area contributed by atoms with Crippen LogP contribution >= 0.6 is 0 Å². The van der Waals surface area contributed by atoms with Crippen molar-refractivity contribution >= 4 is 0 Å². The molecule has 0 saturated carbocycles. The van der Waals surface area contributed by atoms with Crippen molar-refractivity contribution in [2.45, 2.75) is 45.4 Å². The van der Waals surface area contributed by atoms with E-state index in [4.69, 9.17) is 5.11 Å². The number of aliphatic hydroxyl groups is 1. The van der Waals surface area contributed by atoms with E-state index in [0.717, 1.165) is 18.7 Å². The van der Waals surface area contributed by atoms with Crippen LogP contribution in [0.15, 0.2) is 36.7 Å². The number of hydrogen-bond donors (Lipinski definition) is 2. The van der Waals surface area contributed by atoms with E-state index < -0.39 is 0 Å². The molecule has 0 fully saturated rings. The number of hydrogen-bond acceptors (Lipinski definition) is 2. The summed E-state index contributed by atoms with van der Waals surface area (Å²) in [5.41, 5.74) is 5.23. The summed E-state index contributed by atoms with van der Waals surface area (Å²) in [4.78, 5) is 0. The summed E-state index contributed by atoms with van der Waals surface area (Å²) in [6, 6.07) is 8.73. The van der Waals surface area contributed by atoms with Crippen LogP contribution in [0.1, 0.15) is 48.1 Å². The van der Waals surface area contributed by atoms with Crippen LogP contribution in [-0.2, 0) is 19.6 Å². The summed E-state index contributed by atoms with van der Waals surface area (Å²) in [6.07, 6.45) is 8.34. The van der Waals surface area contributed by atoms with Gasteiger partial charge in [-0.3, -0.25) is 0 Å². The smallest absolute Gasteiger partial charge is 0.0681 e. The van der Waals surface area contributed by atoms with Crippen molar-refractivity contribution in [2.75, 3.05) is 6.54 Å². The van der Waals surface area contributed by atoms with E-state index >= 15 is 0 Å². The molecule has 3 nitrogen and oxygen atoms in total. The van der Waals surface area contributed by atoms with E-state index in [-0.39, 0.29) is 6.61 Å². The van der Waals surface area contributed by atoms with Crippen molar-refractivity contribution in [1.82, 2.24) is 9.88 Å². The molecule has 2 aromatic rings. The molecular weight excluding hydrogens is 260 g/mol. The summed E-state index contributed by atoms with van der Waals surface area (Å²) in [5, 5.41) is 12.7. The molecule has 0 saturated heterocycles. The molecule has 1 aromatic carbocycles. The van der Waals surface area contributed by atoms with Gasteiger partial charge in [0.1, 0.15) is 0 Å². The predicted molar refractivity (Wildman–Crippen MR) is 85.3 cm³/mol. The molecule has 1 heterocycles. The number of rotatable bonds is 5. The van der Waals surface area contributed by atoms with Gasteiger partial charge in [-0.25, -0.2) is 0 Å². The van der Waals surface area contributed by atoms with Gasteiger partial charge in [-0.2, -0.15) is 0 Å². The molecule has 1 aliphatic carbocycles. The number of aromatic nitrogens is 1. The minimum absolute atomic E-state index is 0.114. The summed E-state index contributed by atoms with van der Waals surface area (Å²) in [6.45, 7) is 4.21. The zero-order valence-corrected chi connectivity index (χ0v) is 12.7. The first-order valence-corrected chi connectivity index (χ1v) is 7.90. The van der Waals surface area contributed by atoms with Crippen LogP contribution < -0.4 is 5.32 Å². The Balaban J connectivity index is 1.77. The number of nitrogens with one attached hydrogen (secondary N) is 1. The van der Waals surface area contributed by atoms with Gasteiger partial charge in [0.25, 0.3) is 0 Å². The van der Waals surface area contributed by atoms with Gasteiger partial charge >= 0.3 is 0 Å². The van der Waals surface area contributed by atoms with E-state index in [0.29, 0.717) is 6.04 Å². The van der Waals surface area contributed by atoms with Crippen LogP contribution in [0.25, 0.3) is 0 Å². The van der Waals surface area contributed by atoms with Crippen molar-refractivity contribution in [2.24, 2.45) is 0 Å². The molecule has 2 N–H and O–H groups in total. The fourth-order valence-electron chi connectivity index (χ4n) is 3.26. The molecule has 0 aliphatic heterocycles. The molecule has 0 radical (unpaired) electrons. The second-order valence-corrected chi connectivity index (χ2v) is 5.89. The molecule has 1 unspecified atom stereocenters. The average molecular weight is 284 g/mol. The Morgan fingerprint density at radius 3 is 2.67 bits per heavy atom. The normalized spacial score (nSPS) is 17.7. The SMILES string of the molecule is CCNC1CCCc2cn(Cc3ccc(CO)cc3)cc21. The molecule has 1 aromatic heterocycles. The minimum Gasteiger partial charge on any atom is -0.392 e. The Labute approximate surface area is 126 Å². The fourth-order valence-corrected chi connectivity index (χ4v) is 3.26. The van der Waals surface area contributed by atoms with Gasteiger partial charge in [0.2, 0.25) is 0 Å². The first kappa shape index (κ1) is 14.4. The van der Waals surface area contributed by atoms with Crippen LogP contribution in [0.2, 0.25) is 0 Å². The van der Waals surface area contributed by atoms with E-state index in [1.165, 1.54) is 36.0 Å². The van der Waals surface area contributed by atoms with Gasteiger partial charge in [-0.1, -0.05) is 31.2 Å². The van der Waals surface area contributed by atoms with Crippen LogP contribution in [-0.4, -0.2) is 16.2 Å². The molecule has 21 heavy (non-hydrogen) atoms. The second kappa shape index (κ2) is 6.46. The van der Waals surface area contributed by atoms with Crippen LogP contribution in [0, 0.1) is 0 Å². The Kier molecular flexibility index (Phi) is 4.42. The van der Waals surface area contributed by atoms with Gasteiger partial charge in [0, 0.05) is 25.0 Å². The molecule has 3 heteroatoms. The first-order chi connectivity index (χ1) is 10.3. The largest absolute Gasteiger partial charge is 0.392 e. The summed E-state index contributed by atoms with van der Waals surface area (Å²) in [7, 11) is 0. The lowest BCUT2D eigenvalue weighted by atomic mass is 9.91. The van der Waals surface area contributed by atoms with Crippen molar-refractivity contribution in [3.8, 4) is 0 Å². The number of benzene rings is 1. The third-order valence-corrected chi connectivity index (χ3v) is 4.33. The van der Waals surface area contributed by atoms with Crippen LogP contribution in [0.5, 0.6) is 0 Å². The Bertz CT molecular complexity index is 586. The third kappa shape index (κ3) is 3.20. The quantitative estimate of drug-likeness (QED) is 0.885. The maximum absolute atomic E-state index is 9.10. The Morgan fingerprint density at radius 1 is 1.19 bits per heavy atom. The second-order valence-electron chi connectivity index (χ2n) is 5.89. The molecular formula is C18H24N2O. The highest BCUT2D eigenvalue weighted by Gasteiger charge is 2.21. The van der Waals surface area contributed by atoms with Crippen molar-refractivity contribution in [3.05, 3.63) is 58.9 Å². The molecule has 0 spiro atoms. The van der Waals surface area contributed by atoms with Gasteiger partial charge < -0.3 is 15.0 Å².